The first-order chi connectivity index (χ1) is 4.38. The Hall–Kier alpha value is -0.0800. The van der Waals surface area contributed by atoms with E-state index in [1.165, 1.54) is 12.8 Å². The highest BCUT2D eigenvalue weighted by molar-refractivity contribution is 4.86. The van der Waals surface area contributed by atoms with Gasteiger partial charge in [-0.05, 0) is 25.3 Å². The Kier molecular flexibility index (Phi) is 2.49. The zero-order chi connectivity index (χ0) is 6.69. The molecule has 0 aliphatic heterocycles. The van der Waals surface area contributed by atoms with Crippen molar-refractivity contribution < 1.29 is 0 Å². The summed E-state index contributed by atoms with van der Waals surface area (Å²) in [4.78, 5) is 0. The third kappa shape index (κ3) is 1.95. The summed E-state index contributed by atoms with van der Waals surface area (Å²) in [5, 5.41) is 3.37. The van der Waals surface area contributed by atoms with E-state index in [1.807, 2.05) is 0 Å². The predicted octanol–water partition coefficient (Wildman–Crippen LogP) is 0.333. The summed E-state index contributed by atoms with van der Waals surface area (Å²) in [6.07, 6.45) is 2.77. The van der Waals surface area contributed by atoms with Gasteiger partial charge in [0.05, 0.1) is 0 Å². The average Bonchev–Trinajstić information content (AvgIpc) is 2.64. The minimum Gasteiger partial charge on any atom is -0.329 e. The molecular formula is C7H16N2. The van der Waals surface area contributed by atoms with Crippen molar-refractivity contribution in [3.05, 3.63) is 0 Å². The summed E-state index contributed by atoms with van der Waals surface area (Å²) in [5.41, 5.74) is 5.54. The lowest BCUT2D eigenvalue weighted by Crippen LogP contribution is -2.37. The van der Waals surface area contributed by atoms with Crippen LogP contribution in [0.25, 0.3) is 0 Å². The quantitative estimate of drug-likeness (QED) is 0.572. The minimum atomic E-state index is 0.606. The Morgan fingerprint density at radius 3 is 2.67 bits per heavy atom. The Labute approximate surface area is 56.8 Å². The molecule has 0 aromatic rings. The minimum absolute atomic E-state index is 0.606. The normalized spacial score (nSPS) is 22.0. The molecular weight excluding hydrogens is 112 g/mol. The average molecular weight is 128 g/mol. The van der Waals surface area contributed by atoms with Crippen LogP contribution in [-0.2, 0) is 0 Å². The molecule has 54 valence electrons. The second kappa shape index (κ2) is 3.18. The number of rotatable bonds is 4. The van der Waals surface area contributed by atoms with Crippen molar-refractivity contribution in [2.45, 2.75) is 25.8 Å². The molecule has 0 bridgehead atoms. The van der Waals surface area contributed by atoms with Gasteiger partial charge >= 0.3 is 0 Å². The Balaban J connectivity index is 2.12. The topological polar surface area (TPSA) is 38.0 Å². The van der Waals surface area contributed by atoms with Crippen molar-refractivity contribution in [1.29, 1.82) is 0 Å². The van der Waals surface area contributed by atoms with Crippen LogP contribution in [0.4, 0.5) is 0 Å². The highest BCUT2D eigenvalue weighted by Crippen LogP contribution is 2.31. The molecule has 1 fully saturated rings. The molecule has 0 amide bonds. The van der Waals surface area contributed by atoms with Crippen LogP contribution in [0.2, 0.25) is 0 Å². The van der Waals surface area contributed by atoms with Gasteiger partial charge in [0.15, 0.2) is 0 Å². The standard InChI is InChI=1S/C7H16N2/c1-2-9-7(5-8)6-3-4-6/h6-7,9H,2-5,8H2,1H3. The fraction of sp³-hybridized carbons (Fsp3) is 1.00. The lowest BCUT2D eigenvalue weighted by Gasteiger charge is -2.13. The van der Waals surface area contributed by atoms with E-state index in [4.69, 9.17) is 5.73 Å². The highest BCUT2D eigenvalue weighted by Gasteiger charge is 2.29. The summed E-state index contributed by atoms with van der Waals surface area (Å²) < 4.78 is 0. The van der Waals surface area contributed by atoms with Gasteiger partial charge < -0.3 is 11.1 Å². The van der Waals surface area contributed by atoms with Gasteiger partial charge in [-0.2, -0.15) is 0 Å². The zero-order valence-corrected chi connectivity index (χ0v) is 6.06. The number of nitrogens with two attached hydrogens (primary N) is 1. The van der Waals surface area contributed by atoms with Crippen molar-refractivity contribution in [1.82, 2.24) is 5.32 Å². The van der Waals surface area contributed by atoms with E-state index in [9.17, 15) is 0 Å². The molecule has 1 saturated carbocycles. The zero-order valence-electron chi connectivity index (χ0n) is 6.06. The van der Waals surface area contributed by atoms with Crippen molar-refractivity contribution in [3.63, 3.8) is 0 Å². The molecule has 0 aromatic carbocycles. The van der Waals surface area contributed by atoms with Gasteiger partial charge in [-0.15, -0.1) is 0 Å². The molecule has 1 atom stereocenters. The molecule has 0 heterocycles. The summed E-state index contributed by atoms with van der Waals surface area (Å²) >= 11 is 0. The molecule has 0 saturated heterocycles. The first kappa shape index (κ1) is 7.03. The molecule has 1 aliphatic carbocycles. The van der Waals surface area contributed by atoms with Crippen molar-refractivity contribution in [3.8, 4) is 0 Å². The van der Waals surface area contributed by atoms with Crippen molar-refractivity contribution >= 4 is 0 Å². The number of nitrogens with one attached hydrogen (secondary N) is 1. The van der Waals surface area contributed by atoms with Gasteiger partial charge in [-0.25, -0.2) is 0 Å². The van der Waals surface area contributed by atoms with E-state index in [1.54, 1.807) is 0 Å². The van der Waals surface area contributed by atoms with E-state index in [0.29, 0.717) is 6.04 Å². The fourth-order valence-corrected chi connectivity index (χ4v) is 1.20. The van der Waals surface area contributed by atoms with Gasteiger partial charge in [0, 0.05) is 12.6 Å². The monoisotopic (exact) mass is 128 g/mol. The Morgan fingerprint density at radius 2 is 2.33 bits per heavy atom. The lowest BCUT2D eigenvalue weighted by atomic mass is 10.2. The van der Waals surface area contributed by atoms with E-state index >= 15 is 0 Å². The van der Waals surface area contributed by atoms with Gasteiger partial charge in [-0.1, -0.05) is 6.92 Å². The SMILES string of the molecule is CCNC(CN)C1CC1. The summed E-state index contributed by atoms with van der Waals surface area (Å²) in [5.74, 6) is 0.898. The van der Waals surface area contributed by atoms with Gasteiger partial charge in [0.25, 0.3) is 0 Å². The summed E-state index contributed by atoms with van der Waals surface area (Å²) in [6.45, 7) is 3.99. The number of likely N-dealkylation sites (N-methyl/N-ethyl adjacent to an activating group) is 1. The van der Waals surface area contributed by atoms with E-state index < -0.39 is 0 Å². The summed E-state index contributed by atoms with van der Waals surface area (Å²) in [7, 11) is 0. The highest BCUT2D eigenvalue weighted by atomic mass is 14.9. The summed E-state index contributed by atoms with van der Waals surface area (Å²) in [6, 6.07) is 0.606. The van der Waals surface area contributed by atoms with Gasteiger partial charge in [-0.3, -0.25) is 0 Å². The van der Waals surface area contributed by atoms with E-state index in [0.717, 1.165) is 19.0 Å². The third-order valence-corrected chi connectivity index (χ3v) is 1.91. The van der Waals surface area contributed by atoms with Crippen LogP contribution in [0.1, 0.15) is 19.8 Å². The van der Waals surface area contributed by atoms with Crippen LogP contribution >= 0.6 is 0 Å². The van der Waals surface area contributed by atoms with Crippen LogP contribution in [0.15, 0.2) is 0 Å². The van der Waals surface area contributed by atoms with E-state index in [2.05, 4.69) is 12.2 Å². The maximum atomic E-state index is 5.54. The van der Waals surface area contributed by atoms with Crippen LogP contribution in [0.5, 0.6) is 0 Å². The maximum Gasteiger partial charge on any atom is 0.0218 e. The molecule has 2 heteroatoms. The smallest absolute Gasteiger partial charge is 0.0218 e. The third-order valence-electron chi connectivity index (χ3n) is 1.91. The Bertz CT molecular complexity index is 79.0. The van der Waals surface area contributed by atoms with E-state index in [-0.39, 0.29) is 0 Å². The largest absolute Gasteiger partial charge is 0.329 e. The first-order valence-electron chi connectivity index (χ1n) is 3.82. The molecule has 0 spiro atoms. The lowest BCUT2D eigenvalue weighted by molar-refractivity contribution is 0.484. The van der Waals surface area contributed by atoms with Crippen LogP contribution in [0, 0.1) is 5.92 Å². The molecule has 3 N–H and O–H groups in total. The molecule has 9 heavy (non-hydrogen) atoms. The maximum absolute atomic E-state index is 5.54. The van der Waals surface area contributed by atoms with Crippen molar-refractivity contribution in [2.24, 2.45) is 11.7 Å². The second-order valence-electron chi connectivity index (χ2n) is 2.74. The number of hydrogen-bond acceptors (Lipinski definition) is 2. The first-order valence-corrected chi connectivity index (χ1v) is 3.82. The molecule has 1 rings (SSSR count). The van der Waals surface area contributed by atoms with Crippen LogP contribution < -0.4 is 11.1 Å². The molecule has 1 unspecified atom stereocenters. The molecule has 2 nitrogen and oxygen atoms in total. The van der Waals surface area contributed by atoms with Crippen molar-refractivity contribution in [2.75, 3.05) is 13.1 Å². The Morgan fingerprint density at radius 1 is 1.67 bits per heavy atom. The second-order valence-corrected chi connectivity index (χ2v) is 2.74. The number of hydrogen-bond donors (Lipinski definition) is 2. The molecule has 0 aromatic heterocycles. The van der Waals surface area contributed by atoms with Crippen LogP contribution in [-0.4, -0.2) is 19.1 Å². The fourth-order valence-electron chi connectivity index (χ4n) is 1.20. The predicted molar refractivity (Wildman–Crippen MR) is 39.2 cm³/mol. The molecule has 0 radical (unpaired) electrons. The van der Waals surface area contributed by atoms with Gasteiger partial charge in [0.2, 0.25) is 0 Å². The van der Waals surface area contributed by atoms with Crippen LogP contribution in [0.3, 0.4) is 0 Å². The van der Waals surface area contributed by atoms with Gasteiger partial charge in [0.1, 0.15) is 0 Å². The molecule has 1 aliphatic rings.